The van der Waals surface area contributed by atoms with Gasteiger partial charge in [-0.15, -0.1) is 0 Å². The summed E-state index contributed by atoms with van der Waals surface area (Å²) in [6, 6.07) is 9.99. The van der Waals surface area contributed by atoms with Gasteiger partial charge >= 0.3 is 0 Å². The van der Waals surface area contributed by atoms with Crippen LogP contribution < -0.4 is 10.6 Å². The fourth-order valence-corrected chi connectivity index (χ4v) is 4.00. The molecule has 24 heavy (non-hydrogen) atoms. The summed E-state index contributed by atoms with van der Waals surface area (Å²) in [5.41, 5.74) is 1.03. The lowest BCUT2D eigenvalue weighted by Gasteiger charge is -2.24. The van der Waals surface area contributed by atoms with Gasteiger partial charge in [-0.25, -0.2) is 4.98 Å². The summed E-state index contributed by atoms with van der Waals surface area (Å²) >= 11 is 2.04. The molecule has 0 spiro atoms. The van der Waals surface area contributed by atoms with Crippen molar-refractivity contribution in [2.45, 2.75) is 31.1 Å². The highest BCUT2D eigenvalue weighted by Gasteiger charge is 2.29. The zero-order valence-electron chi connectivity index (χ0n) is 14.2. The fourth-order valence-electron chi connectivity index (χ4n) is 2.75. The van der Waals surface area contributed by atoms with Crippen LogP contribution in [-0.4, -0.2) is 35.0 Å². The van der Waals surface area contributed by atoms with E-state index in [1.54, 1.807) is 13.2 Å². The molecule has 6 heteroatoms. The summed E-state index contributed by atoms with van der Waals surface area (Å²) in [7, 11) is 1.78. The first-order valence-corrected chi connectivity index (χ1v) is 9.26. The van der Waals surface area contributed by atoms with E-state index in [9.17, 15) is 0 Å². The molecule has 0 saturated carbocycles. The second-order valence-corrected chi connectivity index (χ2v) is 7.85. The van der Waals surface area contributed by atoms with Crippen LogP contribution in [0.2, 0.25) is 0 Å². The van der Waals surface area contributed by atoms with E-state index in [0.29, 0.717) is 17.2 Å². The molecule has 2 aromatic rings. The molecular weight excluding hydrogens is 320 g/mol. The third kappa shape index (κ3) is 4.32. The van der Waals surface area contributed by atoms with Crippen LogP contribution in [0.15, 0.2) is 45.9 Å². The van der Waals surface area contributed by atoms with Gasteiger partial charge in [0.15, 0.2) is 11.7 Å². The van der Waals surface area contributed by atoms with Crippen LogP contribution in [-0.2, 0) is 6.54 Å². The Bertz CT molecular complexity index is 677. The number of oxazole rings is 1. The minimum atomic E-state index is 0.307. The number of hydrogen-bond acceptors (Lipinski definition) is 4. The van der Waals surface area contributed by atoms with Crippen LogP contribution in [0.5, 0.6) is 0 Å². The van der Waals surface area contributed by atoms with E-state index in [4.69, 9.17) is 4.42 Å². The zero-order chi connectivity index (χ0) is 16.8. The summed E-state index contributed by atoms with van der Waals surface area (Å²) in [6.07, 6.45) is 4.31. The van der Waals surface area contributed by atoms with Gasteiger partial charge < -0.3 is 15.1 Å². The van der Waals surface area contributed by atoms with Gasteiger partial charge in [-0.05, 0) is 25.5 Å². The van der Waals surface area contributed by atoms with Crippen LogP contribution in [0.25, 0.3) is 11.3 Å². The lowest BCUT2D eigenvalue weighted by Crippen LogP contribution is -2.43. The number of nitrogens with zero attached hydrogens (tertiary/aromatic N) is 2. The van der Waals surface area contributed by atoms with E-state index in [0.717, 1.165) is 23.8 Å². The third-order valence-corrected chi connectivity index (χ3v) is 5.71. The topological polar surface area (TPSA) is 62.5 Å². The predicted octanol–water partition coefficient (Wildman–Crippen LogP) is 3.29. The molecule has 0 bridgehead atoms. The Kier molecular flexibility index (Phi) is 5.45. The molecule has 1 aromatic carbocycles. The number of hydrogen-bond donors (Lipinski definition) is 2. The first kappa shape index (κ1) is 16.9. The van der Waals surface area contributed by atoms with E-state index in [2.05, 4.69) is 27.5 Å². The Morgan fingerprint density at radius 1 is 1.33 bits per heavy atom. The maximum atomic E-state index is 5.80. The number of nitrogens with one attached hydrogen (secondary N) is 2. The van der Waals surface area contributed by atoms with Crippen molar-refractivity contribution >= 4 is 17.7 Å². The number of aliphatic imine (C=N–C) groups is 1. The summed E-state index contributed by atoms with van der Waals surface area (Å²) in [4.78, 5) is 8.61. The molecule has 1 aromatic heterocycles. The Morgan fingerprint density at radius 3 is 2.88 bits per heavy atom. The van der Waals surface area contributed by atoms with Crippen molar-refractivity contribution in [3.05, 3.63) is 42.4 Å². The summed E-state index contributed by atoms with van der Waals surface area (Å²) in [5, 5.41) is 6.67. The fraction of sp³-hybridized carbons (Fsp3) is 0.444. The first-order chi connectivity index (χ1) is 11.7. The number of guanidine groups is 1. The number of rotatable bonds is 5. The van der Waals surface area contributed by atoms with E-state index >= 15 is 0 Å². The zero-order valence-corrected chi connectivity index (χ0v) is 15.0. The largest absolute Gasteiger partial charge is 0.439 e. The SMILES string of the molecule is CN=C(NCc1ncc(-c2ccccc2)o1)NCC1(C)CCCS1. The molecule has 5 nitrogen and oxygen atoms in total. The standard InChI is InChI=1S/C18H24N4OS/c1-18(9-6-10-24-18)13-22-17(19-2)21-12-16-20-11-15(23-16)14-7-4-3-5-8-14/h3-5,7-8,11H,6,9-10,12-13H2,1-2H3,(H2,19,21,22). The third-order valence-electron chi connectivity index (χ3n) is 4.17. The smallest absolute Gasteiger partial charge is 0.214 e. The second-order valence-electron chi connectivity index (χ2n) is 6.17. The molecule has 1 atom stereocenters. The number of thioether (sulfide) groups is 1. The highest BCUT2D eigenvalue weighted by atomic mass is 32.2. The molecule has 1 unspecified atom stereocenters. The van der Waals surface area contributed by atoms with Crippen molar-refractivity contribution in [3.63, 3.8) is 0 Å². The van der Waals surface area contributed by atoms with Crippen molar-refractivity contribution in [1.82, 2.24) is 15.6 Å². The van der Waals surface area contributed by atoms with E-state index in [1.807, 2.05) is 42.1 Å². The van der Waals surface area contributed by atoms with Crippen LogP contribution in [0.1, 0.15) is 25.7 Å². The predicted molar refractivity (Wildman–Crippen MR) is 100 cm³/mol. The first-order valence-electron chi connectivity index (χ1n) is 8.27. The number of benzene rings is 1. The maximum Gasteiger partial charge on any atom is 0.214 e. The van der Waals surface area contributed by atoms with Gasteiger partial charge in [-0.1, -0.05) is 30.3 Å². The average Bonchev–Trinajstić information content (AvgIpc) is 3.26. The van der Waals surface area contributed by atoms with Gasteiger partial charge in [0.25, 0.3) is 0 Å². The molecule has 1 aliphatic rings. The Morgan fingerprint density at radius 2 is 2.17 bits per heavy atom. The van der Waals surface area contributed by atoms with Crippen molar-refractivity contribution in [2.24, 2.45) is 4.99 Å². The molecule has 1 aliphatic heterocycles. The number of aromatic nitrogens is 1. The Hall–Kier alpha value is -1.95. The Labute approximate surface area is 147 Å². The molecule has 1 saturated heterocycles. The van der Waals surface area contributed by atoms with Crippen molar-refractivity contribution in [1.29, 1.82) is 0 Å². The average molecular weight is 344 g/mol. The lowest BCUT2D eigenvalue weighted by atomic mass is 10.1. The second kappa shape index (κ2) is 7.75. The maximum absolute atomic E-state index is 5.80. The molecule has 0 radical (unpaired) electrons. The van der Waals surface area contributed by atoms with Gasteiger partial charge in [0, 0.05) is 23.9 Å². The van der Waals surface area contributed by atoms with Crippen LogP contribution in [0, 0.1) is 0 Å². The van der Waals surface area contributed by atoms with Crippen LogP contribution in [0.4, 0.5) is 0 Å². The molecule has 2 N–H and O–H groups in total. The molecule has 3 rings (SSSR count). The monoisotopic (exact) mass is 344 g/mol. The van der Waals surface area contributed by atoms with Crippen LogP contribution in [0.3, 0.4) is 0 Å². The molecular formula is C18H24N4OS. The van der Waals surface area contributed by atoms with Crippen LogP contribution >= 0.6 is 11.8 Å². The van der Waals surface area contributed by atoms with Crippen molar-refractivity contribution < 1.29 is 4.42 Å². The highest BCUT2D eigenvalue weighted by molar-refractivity contribution is 8.00. The summed E-state index contributed by atoms with van der Waals surface area (Å²) < 4.78 is 6.11. The van der Waals surface area contributed by atoms with E-state index in [-0.39, 0.29) is 0 Å². The molecule has 0 amide bonds. The normalized spacial score (nSPS) is 21.0. The summed E-state index contributed by atoms with van der Waals surface area (Å²) in [6.45, 7) is 3.74. The molecule has 1 fully saturated rings. The van der Waals surface area contributed by atoms with Gasteiger partial charge in [0.1, 0.15) is 0 Å². The van der Waals surface area contributed by atoms with E-state index in [1.165, 1.54) is 18.6 Å². The quantitative estimate of drug-likeness (QED) is 0.644. The van der Waals surface area contributed by atoms with E-state index < -0.39 is 0 Å². The van der Waals surface area contributed by atoms with Crippen molar-refractivity contribution in [3.8, 4) is 11.3 Å². The minimum absolute atomic E-state index is 0.307. The summed E-state index contributed by atoms with van der Waals surface area (Å²) in [5.74, 6) is 3.47. The molecule has 0 aliphatic carbocycles. The van der Waals surface area contributed by atoms with Crippen molar-refractivity contribution in [2.75, 3.05) is 19.3 Å². The lowest BCUT2D eigenvalue weighted by molar-refractivity contribution is 0.496. The Balaban J connectivity index is 1.52. The van der Waals surface area contributed by atoms with Gasteiger partial charge in [-0.2, -0.15) is 11.8 Å². The minimum Gasteiger partial charge on any atom is -0.439 e. The molecule has 128 valence electrons. The van der Waals surface area contributed by atoms with Gasteiger partial charge in [-0.3, -0.25) is 4.99 Å². The molecule has 2 heterocycles. The van der Waals surface area contributed by atoms with Gasteiger partial charge in [0.05, 0.1) is 12.7 Å². The highest BCUT2D eigenvalue weighted by Crippen LogP contribution is 2.36. The van der Waals surface area contributed by atoms with Gasteiger partial charge in [0.2, 0.25) is 5.89 Å².